The van der Waals surface area contributed by atoms with Gasteiger partial charge in [-0.25, -0.2) is 4.79 Å². The van der Waals surface area contributed by atoms with E-state index in [0.717, 1.165) is 32.1 Å². The summed E-state index contributed by atoms with van der Waals surface area (Å²) in [5.74, 6) is -1.59. The Morgan fingerprint density at radius 1 is 0.857 bits per heavy atom. The average molecular weight is 501 g/mol. The number of unbranched alkanes of at least 4 members (excludes halogenated alkanes) is 7. The minimum Gasteiger partial charge on any atom is -0.477 e. The zero-order chi connectivity index (χ0) is 26.5. The standard InChI is InChI=1S/C27H49NO7/c1-6-8-9-10-11-12-13-14-15-16-17-18-26(30)35-23(22-34-25(29)7-2)21-33-20-19-24(27(31)32)28(3,4)5/h10-11,23-24H,6-9,12-22H2,1-5H3/p+1/b11-10-. The third-order valence-corrected chi connectivity index (χ3v) is 5.72. The predicted molar refractivity (Wildman–Crippen MR) is 137 cm³/mol. The van der Waals surface area contributed by atoms with Gasteiger partial charge in [-0.1, -0.05) is 58.1 Å². The van der Waals surface area contributed by atoms with Crippen molar-refractivity contribution in [3.05, 3.63) is 12.2 Å². The van der Waals surface area contributed by atoms with Crippen molar-refractivity contribution in [1.29, 1.82) is 0 Å². The molecule has 8 nitrogen and oxygen atoms in total. The Morgan fingerprint density at radius 2 is 1.49 bits per heavy atom. The SMILES string of the molecule is CCCC/C=C\CCCCCCCC(=O)OC(COCCC(C(=O)O)[N+](C)(C)C)COC(=O)CC. The smallest absolute Gasteiger partial charge is 0.362 e. The molecule has 0 aromatic carbocycles. The first-order chi connectivity index (χ1) is 16.6. The Morgan fingerprint density at radius 3 is 2.09 bits per heavy atom. The summed E-state index contributed by atoms with van der Waals surface area (Å²) < 4.78 is 16.5. The summed E-state index contributed by atoms with van der Waals surface area (Å²) in [4.78, 5) is 35.3. The van der Waals surface area contributed by atoms with Crippen LogP contribution in [-0.2, 0) is 28.6 Å². The Balaban J connectivity index is 4.27. The number of nitrogens with zero attached hydrogens (tertiary/aromatic N) is 1. The van der Waals surface area contributed by atoms with Crippen LogP contribution in [0.4, 0.5) is 0 Å². The molecule has 0 aliphatic rings. The van der Waals surface area contributed by atoms with Crippen molar-refractivity contribution < 1.29 is 38.2 Å². The van der Waals surface area contributed by atoms with Crippen LogP contribution in [0.25, 0.3) is 0 Å². The van der Waals surface area contributed by atoms with Gasteiger partial charge in [-0.2, -0.15) is 0 Å². The third kappa shape index (κ3) is 19.0. The van der Waals surface area contributed by atoms with Gasteiger partial charge >= 0.3 is 17.9 Å². The van der Waals surface area contributed by atoms with Crippen molar-refractivity contribution in [1.82, 2.24) is 0 Å². The van der Waals surface area contributed by atoms with Crippen LogP contribution in [0.3, 0.4) is 0 Å². The molecule has 2 atom stereocenters. The number of likely N-dealkylation sites (N-methyl/N-ethyl adjacent to an activating group) is 1. The minimum absolute atomic E-state index is 0.0536. The van der Waals surface area contributed by atoms with E-state index in [1.165, 1.54) is 25.7 Å². The summed E-state index contributed by atoms with van der Waals surface area (Å²) in [5.41, 5.74) is 0. The summed E-state index contributed by atoms with van der Waals surface area (Å²) in [6.07, 6.45) is 14.6. The fraction of sp³-hybridized carbons (Fsp3) is 0.815. The van der Waals surface area contributed by atoms with Gasteiger partial charge in [-0.05, 0) is 25.7 Å². The van der Waals surface area contributed by atoms with Gasteiger partial charge in [0.1, 0.15) is 6.61 Å². The van der Waals surface area contributed by atoms with E-state index in [1.54, 1.807) is 6.92 Å². The van der Waals surface area contributed by atoms with Gasteiger partial charge in [0.15, 0.2) is 12.1 Å². The monoisotopic (exact) mass is 500 g/mol. The van der Waals surface area contributed by atoms with Crippen molar-refractivity contribution >= 4 is 17.9 Å². The zero-order valence-electron chi connectivity index (χ0n) is 22.8. The number of rotatable bonds is 22. The van der Waals surface area contributed by atoms with Gasteiger partial charge in [-0.15, -0.1) is 0 Å². The van der Waals surface area contributed by atoms with Crippen molar-refractivity contribution in [2.75, 3.05) is 41.0 Å². The summed E-state index contributed by atoms with van der Waals surface area (Å²) >= 11 is 0. The molecule has 8 heteroatoms. The van der Waals surface area contributed by atoms with Crippen LogP contribution in [0.15, 0.2) is 12.2 Å². The second-order valence-electron chi connectivity index (χ2n) is 9.90. The molecule has 0 aliphatic carbocycles. The van der Waals surface area contributed by atoms with E-state index in [4.69, 9.17) is 14.2 Å². The maximum atomic E-state index is 12.3. The van der Waals surface area contributed by atoms with Gasteiger partial charge in [0.2, 0.25) is 0 Å². The lowest BCUT2D eigenvalue weighted by molar-refractivity contribution is -0.887. The van der Waals surface area contributed by atoms with Crippen molar-refractivity contribution in [3.8, 4) is 0 Å². The maximum absolute atomic E-state index is 12.3. The molecule has 0 fully saturated rings. The molecule has 0 bridgehead atoms. The molecule has 2 unspecified atom stereocenters. The van der Waals surface area contributed by atoms with Crippen LogP contribution in [0, 0.1) is 0 Å². The molecule has 0 aromatic rings. The normalized spacial score (nSPS) is 13.5. The van der Waals surface area contributed by atoms with Gasteiger partial charge in [0.05, 0.1) is 34.4 Å². The number of quaternary nitrogens is 1. The van der Waals surface area contributed by atoms with E-state index in [-0.39, 0.29) is 42.7 Å². The number of allylic oxidation sites excluding steroid dienone is 2. The van der Waals surface area contributed by atoms with E-state index in [2.05, 4.69) is 19.1 Å². The van der Waals surface area contributed by atoms with E-state index in [9.17, 15) is 19.5 Å². The number of hydrogen-bond acceptors (Lipinski definition) is 6. The lowest BCUT2D eigenvalue weighted by Crippen LogP contribution is -2.50. The number of carboxylic acid groups (broad SMARTS) is 1. The van der Waals surface area contributed by atoms with E-state index in [0.29, 0.717) is 12.8 Å². The van der Waals surface area contributed by atoms with Crippen molar-refractivity contribution in [3.63, 3.8) is 0 Å². The van der Waals surface area contributed by atoms with Crippen LogP contribution in [-0.4, -0.2) is 80.6 Å². The second kappa shape index (κ2) is 20.3. The highest BCUT2D eigenvalue weighted by atomic mass is 16.6. The fourth-order valence-corrected chi connectivity index (χ4v) is 3.52. The van der Waals surface area contributed by atoms with Gasteiger partial charge in [0.25, 0.3) is 0 Å². The first-order valence-electron chi connectivity index (χ1n) is 13.2. The number of hydrogen-bond donors (Lipinski definition) is 1. The van der Waals surface area contributed by atoms with Gasteiger partial charge in [-0.3, -0.25) is 9.59 Å². The fourth-order valence-electron chi connectivity index (χ4n) is 3.52. The molecule has 0 spiro atoms. The first kappa shape index (κ1) is 33.1. The molecule has 0 saturated carbocycles. The molecular formula is C27H50NO7+. The number of carboxylic acids is 1. The van der Waals surface area contributed by atoms with Crippen LogP contribution in [0.2, 0.25) is 0 Å². The van der Waals surface area contributed by atoms with E-state index < -0.39 is 18.1 Å². The van der Waals surface area contributed by atoms with Crippen molar-refractivity contribution in [2.45, 2.75) is 103 Å². The topological polar surface area (TPSA) is 99.1 Å². The summed E-state index contributed by atoms with van der Waals surface area (Å²) in [6.45, 7) is 4.08. The molecule has 1 N–H and O–H groups in total. The van der Waals surface area contributed by atoms with Crippen LogP contribution < -0.4 is 0 Å². The summed E-state index contributed by atoms with van der Waals surface area (Å²) in [6, 6.07) is -0.606. The largest absolute Gasteiger partial charge is 0.477 e. The van der Waals surface area contributed by atoms with Crippen LogP contribution in [0.5, 0.6) is 0 Å². The molecule has 0 aromatic heterocycles. The highest BCUT2D eigenvalue weighted by molar-refractivity contribution is 5.72. The Hall–Kier alpha value is -1.93. The van der Waals surface area contributed by atoms with Crippen molar-refractivity contribution in [2.24, 2.45) is 0 Å². The predicted octanol–water partition coefficient (Wildman–Crippen LogP) is 4.89. The third-order valence-electron chi connectivity index (χ3n) is 5.72. The van der Waals surface area contributed by atoms with Gasteiger partial charge < -0.3 is 23.8 Å². The molecule has 35 heavy (non-hydrogen) atoms. The summed E-state index contributed by atoms with van der Waals surface area (Å²) in [5, 5.41) is 9.41. The quantitative estimate of drug-likeness (QED) is 0.0977. The zero-order valence-corrected chi connectivity index (χ0v) is 22.8. The lowest BCUT2D eigenvalue weighted by atomic mass is 10.1. The minimum atomic E-state index is -0.885. The van der Waals surface area contributed by atoms with E-state index in [1.807, 2.05) is 21.1 Å². The number of carbonyl (C=O) groups is 3. The Bertz CT molecular complexity index is 613. The Kier molecular flexibility index (Phi) is 19.2. The van der Waals surface area contributed by atoms with Crippen LogP contribution in [0.1, 0.15) is 90.9 Å². The number of esters is 2. The Labute approximate surface area is 212 Å². The van der Waals surface area contributed by atoms with Gasteiger partial charge in [0, 0.05) is 19.3 Å². The molecular weight excluding hydrogens is 450 g/mol. The average Bonchev–Trinajstić information content (AvgIpc) is 2.79. The molecule has 0 aliphatic heterocycles. The molecule has 0 heterocycles. The molecule has 0 radical (unpaired) electrons. The summed E-state index contributed by atoms with van der Waals surface area (Å²) in [7, 11) is 5.46. The highest BCUT2D eigenvalue weighted by Crippen LogP contribution is 2.11. The number of ether oxygens (including phenoxy) is 3. The molecule has 0 saturated heterocycles. The molecule has 204 valence electrons. The van der Waals surface area contributed by atoms with E-state index >= 15 is 0 Å². The first-order valence-corrected chi connectivity index (χ1v) is 13.2. The lowest BCUT2D eigenvalue weighted by Gasteiger charge is -2.31. The number of carbonyl (C=O) groups excluding carboxylic acids is 2. The molecule has 0 amide bonds. The highest BCUT2D eigenvalue weighted by Gasteiger charge is 2.31. The maximum Gasteiger partial charge on any atom is 0.362 e. The number of aliphatic carboxylic acids is 1. The molecule has 0 rings (SSSR count). The van der Waals surface area contributed by atoms with Crippen LogP contribution >= 0.6 is 0 Å². The second-order valence-corrected chi connectivity index (χ2v) is 9.90.